The number of benzene rings is 1. The lowest BCUT2D eigenvalue weighted by Crippen LogP contribution is -2.46. The standard InChI is InChI=1S/C17H23N3O/c1-12(2)20-9-6-15(7-10-20)19-17(21)14-3-4-16-13(11-14)5-8-18-16/h3-5,8,11-12,15,18H,6-7,9-10H2,1-2H3,(H,19,21). The number of piperidine rings is 1. The average molecular weight is 285 g/mol. The molecule has 0 aliphatic carbocycles. The van der Waals surface area contributed by atoms with Crippen LogP contribution in [-0.2, 0) is 0 Å². The van der Waals surface area contributed by atoms with Crippen LogP contribution in [0.1, 0.15) is 37.0 Å². The summed E-state index contributed by atoms with van der Waals surface area (Å²) in [5.41, 5.74) is 1.81. The SMILES string of the molecule is CC(C)N1CCC(NC(=O)c2ccc3[nH]ccc3c2)CC1. The predicted octanol–water partition coefficient (Wildman–Crippen LogP) is 2.77. The predicted molar refractivity (Wildman–Crippen MR) is 85.5 cm³/mol. The van der Waals surface area contributed by atoms with Gasteiger partial charge in [0.15, 0.2) is 0 Å². The van der Waals surface area contributed by atoms with Crippen molar-refractivity contribution < 1.29 is 4.79 Å². The van der Waals surface area contributed by atoms with Gasteiger partial charge in [-0.3, -0.25) is 4.79 Å². The van der Waals surface area contributed by atoms with Gasteiger partial charge in [0.2, 0.25) is 0 Å². The first-order valence-corrected chi connectivity index (χ1v) is 7.75. The van der Waals surface area contributed by atoms with E-state index in [4.69, 9.17) is 0 Å². The van der Waals surface area contributed by atoms with E-state index in [1.807, 2.05) is 30.5 Å². The molecule has 0 radical (unpaired) electrons. The van der Waals surface area contributed by atoms with Gasteiger partial charge < -0.3 is 15.2 Å². The number of carbonyl (C=O) groups is 1. The highest BCUT2D eigenvalue weighted by Gasteiger charge is 2.22. The van der Waals surface area contributed by atoms with Crippen molar-refractivity contribution in [3.8, 4) is 0 Å². The van der Waals surface area contributed by atoms with Gasteiger partial charge in [-0.05, 0) is 51.0 Å². The smallest absolute Gasteiger partial charge is 0.251 e. The van der Waals surface area contributed by atoms with Crippen LogP contribution in [0, 0.1) is 0 Å². The van der Waals surface area contributed by atoms with Gasteiger partial charge in [0, 0.05) is 47.8 Å². The fourth-order valence-electron chi connectivity index (χ4n) is 3.02. The molecule has 4 nitrogen and oxygen atoms in total. The molecule has 0 atom stereocenters. The largest absolute Gasteiger partial charge is 0.361 e. The van der Waals surface area contributed by atoms with Crippen molar-refractivity contribution in [2.45, 2.75) is 38.8 Å². The molecule has 1 aromatic heterocycles. The Bertz CT molecular complexity index is 624. The lowest BCUT2D eigenvalue weighted by molar-refractivity contribution is 0.0901. The number of H-pyrrole nitrogens is 1. The van der Waals surface area contributed by atoms with Crippen LogP contribution in [0.25, 0.3) is 10.9 Å². The summed E-state index contributed by atoms with van der Waals surface area (Å²) in [6.07, 6.45) is 3.97. The van der Waals surface area contributed by atoms with Gasteiger partial charge in [0.1, 0.15) is 0 Å². The zero-order valence-electron chi connectivity index (χ0n) is 12.7. The summed E-state index contributed by atoms with van der Waals surface area (Å²) in [7, 11) is 0. The fraction of sp³-hybridized carbons (Fsp3) is 0.471. The van der Waals surface area contributed by atoms with Crippen molar-refractivity contribution in [1.82, 2.24) is 15.2 Å². The quantitative estimate of drug-likeness (QED) is 0.911. The number of fused-ring (bicyclic) bond motifs is 1. The van der Waals surface area contributed by atoms with Crippen molar-refractivity contribution in [2.24, 2.45) is 0 Å². The molecule has 1 aliphatic heterocycles. The second-order valence-electron chi connectivity index (χ2n) is 6.16. The van der Waals surface area contributed by atoms with E-state index in [1.165, 1.54) is 0 Å². The maximum atomic E-state index is 12.4. The summed E-state index contributed by atoms with van der Waals surface area (Å²) in [4.78, 5) is 18.0. The van der Waals surface area contributed by atoms with Gasteiger partial charge in [-0.1, -0.05) is 0 Å². The van der Waals surface area contributed by atoms with E-state index in [-0.39, 0.29) is 5.91 Å². The summed E-state index contributed by atoms with van der Waals surface area (Å²) in [6.45, 7) is 6.59. The van der Waals surface area contributed by atoms with Gasteiger partial charge in [-0.2, -0.15) is 0 Å². The van der Waals surface area contributed by atoms with Crippen LogP contribution in [0.2, 0.25) is 0 Å². The molecule has 2 heterocycles. The monoisotopic (exact) mass is 285 g/mol. The van der Waals surface area contributed by atoms with Crippen molar-refractivity contribution in [3.05, 3.63) is 36.0 Å². The number of carbonyl (C=O) groups excluding carboxylic acids is 1. The number of rotatable bonds is 3. The number of amides is 1. The van der Waals surface area contributed by atoms with Crippen LogP contribution in [0.5, 0.6) is 0 Å². The molecule has 1 amide bonds. The number of aromatic amines is 1. The first-order valence-electron chi connectivity index (χ1n) is 7.75. The molecule has 3 rings (SSSR count). The van der Waals surface area contributed by atoms with Crippen LogP contribution in [0.15, 0.2) is 30.5 Å². The van der Waals surface area contributed by atoms with E-state index in [0.717, 1.165) is 42.4 Å². The molecule has 0 unspecified atom stereocenters. The molecular weight excluding hydrogens is 262 g/mol. The molecule has 0 bridgehead atoms. The minimum Gasteiger partial charge on any atom is -0.361 e. The molecule has 1 saturated heterocycles. The third-order valence-electron chi connectivity index (χ3n) is 4.41. The number of nitrogens with zero attached hydrogens (tertiary/aromatic N) is 1. The van der Waals surface area contributed by atoms with Crippen molar-refractivity contribution in [2.75, 3.05) is 13.1 Å². The number of likely N-dealkylation sites (tertiary alicyclic amines) is 1. The van der Waals surface area contributed by atoms with Crippen molar-refractivity contribution in [1.29, 1.82) is 0 Å². The van der Waals surface area contributed by atoms with Crippen molar-refractivity contribution >= 4 is 16.8 Å². The highest BCUT2D eigenvalue weighted by Crippen LogP contribution is 2.16. The Morgan fingerprint density at radius 1 is 1.29 bits per heavy atom. The molecule has 4 heteroatoms. The van der Waals surface area contributed by atoms with E-state index >= 15 is 0 Å². The minimum atomic E-state index is 0.0427. The summed E-state index contributed by atoms with van der Waals surface area (Å²) < 4.78 is 0. The third kappa shape index (κ3) is 3.10. The average Bonchev–Trinajstić information content (AvgIpc) is 2.95. The van der Waals surface area contributed by atoms with E-state index < -0.39 is 0 Å². The van der Waals surface area contributed by atoms with Gasteiger partial charge in [-0.15, -0.1) is 0 Å². The lowest BCUT2D eigenvalue weighted by Gasteiger charge is -2.34. The Morgan fingerprint density at radius 2 is 2.05 bits per heavy atom. The maximum absolute atomic E-state index is 12.4. The first-order chi connectivity index (χ1) is 10.1. The molecule has 0 spiro atoms. The van der Waals surface area contributed by atoms with E-state index in [2.05, 4.69) is 29.0 Å². The molecule has 112 valence electrons. The molecule has 0 saturated carbocycles. The first kappa shape index (κ1) is 14.1. The summed E-state index contributed by atoms with van der Waals surface area (Å²) in [6, 6.07) is 8.69. The number of aromatic nitrogens is 1. The van der Waals surface area contributed by atoms with Gasteiger partial charge in [0.25, 0.3) is 5.91 Å². The van der Waals surface area contributed by atoms with Crippen molar-refractivity contribution in [3.63, 3.8) is 0 Å². The fourth-order valence-corrected chi connectivity index (χ4v) is 3.02. The Morgan fingerprint density at radius 3 is 2.76 bits per heavy atom. The summed E-state index contributed by atoms with van der Waals surface area (Å²) in [5, 5.41) is 4.26. The molecule has 1 aromatic carbocycles. The van der Waals surface area contributed by atoms with Gasteiger partial charge >= 0.3 is 0 Å². The molecule has 2 N–H and O–H groups in total. The Hall–Kier alpha value is -1.81. The molecular formula is C17H23N3O. The second kappa shape index (κ2) is 5.90. The van der Waals surface area contributed by atoms with Gasteiger partial charge in [0.05, 0.1) is 0 Å². The number of hydrogen-bond acceptors (Lipinski definition) is 2. The Kier molecular flexibility index (Phi) is 3.97. The normalized spacial score (nSPS) is 17.5. The Balaban J connectivity index is 1.61. The maximum Gasteiger partial charge on any atom is 0.251 e. The molecule has 1 fully saturated rings. The van der Waals surface area contributed by atoms with Crippen LogP contribution < -0.4 is 5.32 Å². The Labute approximate surface area is 125 Å². The zero-order chi connectivity index (χ0) is 14.8. The van der Waals surface area contributed by atoms with Crippen LogP contribution >= 0.6 is 0 Å². The molecule has 2 aromatic rings. The number of nitrogens with one attached hydrogen (secondary N) is 2. The molecule has 1 aliphatic rings. The number of hydrogen-bond donors (Lipinski definition) is 2. The summed E-state index contributed by atoms with van der Waals surface area (Å²) >= 11 is 0. The lowest BCUT2D eigenvalue weighted by atomic mass is 10.0. The second-order valence-corrected chi connectivity index (χ2v) is 6.16. The minimum absolute atomic E-state index is 0.0427. The van der Waals surface area contributed by atoms with Crippen LogP contribution in [0.3, 0.4) is 0 Å². The third-order valence-corrected chi connectivity index (χ3v) is 4.41. The van der Waals surface area contributed by atoms with E-state index in [0.29, 0.717) is 12.1 Å². The van der Waals surface area contributed by atoms with E-state index in [9.17, 15) is 4.79 Å². The van der Waals surface area contributed by atoms with Gasteiger partial charge in [-0.25, -0.2) is 0 Å². The zero-order valence-corrected chi connectivity index (χ0v) is 12.7. The topological polar surface area (TPSA) is 48.1 Å². The highest BCUT2D eigenvalue weighted by atomic mass is 16.1. The summed E-state index contributed by atoms with van der Waals surface area (Å²) in [5.74, 6) is 0.0427. The molecule has 21 heavy (non-hydrogen) atoms. The van der Waals surface area contributed by atoms with Crippen LogP contribution in [-0.4, -0.2) is 41.0 Å². The highest BCUT2D eigenvalue weighted by molar-refractivity contribution is 5.98. The van der Waals surface area contributed by atoms with E-state index in [1.54, 1.807) is 0 Å². The van der Waals surface area contributed by atoms with Crippen LogP contribution in [0.4, 0.5) is 0 Å².